The smallest absolute Gasteiger partial charge is 0.283 e. The molecule has 0 unspecified atom stereocenters. The number of carbonyl (C=O) groups excluding carboxylic acids is 1. The second kappa shape index (κ2) is 2.41. The molecule has 2 nitrogen and oxygen atoms in total. The molecule has 0 fully saturated rings. The van der Waals surface area contributed by atoms with Gasteiger partial charge in [0.1, 0.15) is 5.69 Å². The minimum atomic E-state index is -4.53. The molecule has 0 N–H and O–H groups in total. The molecular weight excluding hydrogens is 159 g/mol. The van der Waals surface area contributed by atoms with Crippen molar-refractivity contribution in [1.82, 2.24) is 4.57 Å². The maximum absolute atomic E-state index is 11.9. The highest BCUT2D eigenvalue weighted by atomic mass is 19.4. The predicted molar refractivity (Wildman–Crippen MR) is 30.5 cm³/mol. The summed E-state index contributed by atoms with van der Waals surface area (Å²) in [4.78, 5) is 9.89. The lowest BCUT2D eigenvalue weighted by atomic mass is 10.5. The molecule has 0 aliphatic rings. The van der Waals surface area contributed by atoms with E-state index in [1.165, 1.54) is 6.29 Å². The van der Waals surface area contributed by atoms with Gasteiger partial charge in [-0.2, -0.15) is 0 Å². The number of hydrogen-bond donors (Lipinski definition) is 0. The second-order valence-corrected chi connectivity index (χ2v) is 1.83. The lowest BCUT2D eigenvalue weighted by Crippen LogP contribution is -2.17. The molecule has 0 spiro atoms. The minimum Gasteiger partial charge on any atom is -0.283 e. The van der Waals surface area contributed by atoms with Gasteiger partial charge in [0.05, 0.1) is 0 Å². The van der Waals surface area contributed by atoms with Gasteiger partial charge in [0.2, 0.25) is 0 Å². The van der Waals surface area contributed by atoms with Crippen molar-refractivity contribution in [1.29, 1.82) is 0 Å². The Kier molecular flexibility index (Phi) is 1.72. The Labute approximate surface area is 60.2 Å². The molecule has 0 atom stereocenters. The van der Waals surface area contributed by atoms with Crippen molar-refractivity contribution in [2.75, 3.05) is 0 Å². The molecule has 1 radical (unpaired) electrons. The zero-order chi connectivity index (χ0) is 8.48. The van der Waals surface area contributed by atoms with E-state index in [1.807, 2.05) is 0 Å². The molecule has 0 amide bonds. The first-order valence-electron chi connectivity index (χ1n) is 2.68. The van der Waals surface area contributed by atoms with E-state index in [9.17, 15) is 18.0 Å². The van der Waals surface area contributed by atoms with Crippen LogP contribution in [0.2, 0.25) is 0 Å². The maximum Gasteiger partial charge on any atom is 0.489 e. The monoisotopic (exact) mass is 162 g/mol. The first-order chi connectivity index (χ1) is 5.05. The molecule has 5 heteroatoms. The van der Waals surface area contributed by atoms with Gasteiger partial charge in [-0.05, 0) is 12.1 Å². The van der Waals surface area contributed by atoms with E-state index in [0.29, 0.717) is 0 Å². The summed E-state index contributed by atoms with van der Waals surface area (Å²) in [6.45, 7) is 0. The van der Waals surface area contributed by atoms with Crippen molar-refractivity contribution in [2.24, 2.45) is 0 Å². The number of aromatic nitrogens is 1. The number of nitrogens with zero attached hydrogens (tertiary/aromatic N) is 1. The van der Waals surface area contributed by atoms with E-state index < -0.39 is 12.0 Å². The molecule has 1 aromatic rings. The van der Waals surface area contributed by atoms with Crippen LogP contribution in [0.15, 0.2) is 18.3 Å². The highest BCUT2D eigenvalue weighted by Gasteiger charge is 2.31. The standard InChI is InChI=1S/C6H3F3NO/c7-6(8,9)10-3-1-2-5(10)4-11/h1-3H. The largest absolute Gasteiger partial charge is 0.489 e. The van der Waals surface area contributed by atoms with Crippen LogP contribution < -0.4 is 0 Å². The van der Waals surface area contributed by atoms with Crippen molar-refractivity contribution in [2.45, 2.75) is 6.30 Å². The van der Waals surface area contributed by atoms with Crippen LogP contribution in [-0.2, 0) is 11.1 Å². The van der Waals surface area contributed by atoms with Crippen LogP contribution in [0.1, 0.15) is 5.69 Å². The average molecular weight is 162 g/mol. The average Bonchev–Trinajstić information content (AvgIpc) is 2.31. The first-order valence-corrected chi connectivity index (χ1v) is 2.68. The van der Waals surface area contributed by atoms with Crippen LogP contribution in [-0.4, -0.2) is 10.9 Å². The van der Waals surface area contributed by atoms with Crippen LogP contribution in [0.4, 0.5) is 13.2 Å². The van der Waals surface area contributed by atoms with E-state index >= 15 is 0 Å². The summed E-state index contributed by atoms with van der Waals surface area (Å²) in [7, 11) is 0. The Balaban J connectivity index is 3.12. The van der Waals surface area contributed by atoms with Crippen molar-refractivity contribution in [3.63, 3.8) is 0 Å². The summed E-state index contributed by atoms with van der Waals surface area (Å²) in [5, 5.41) is 0. The highest BCUT2D eigenvalue weighted by Crippen LogP contribution is 2.23. The Morgan fingerprint density at radius 1 is 1.45 bits per heavy atom. The fourth-order valence-corrected chi connectivity index (χ4v) is 0.685. The zero-order valence-corrected chi connectivity index (χ0v) is 5.22. The molecule has 59 valence electrons. The molecule has 1 aromatic heterocycles. The molecule has 1 heterocycles. The minimum absolute atomic E-state index is 0.0972. The lowest BCUT2D eigenvalue weighted by molar-refractivity contribution is -0.204. The van der Waals surface area contributed by atoms with Crippen LogP contribution in [0.25, 0.3) is 0 Å². The predicted octanol–water partition coefficient (Wildman–Crippen LogP) is 1.42. The van der Waals surface area contributed by atoms with Gasteiger partial charge in [0, 0.05) is 6.20 Å². The van der Waals surface area contributed by atoms with Crippen molar-refractivity contribution < 1.29 is 18.0 Å². The number of hydrogen-bond acceptors (Lipinski definition) is 1. The SMILES string of the molecule is O=[C]c1cccn1C(F)(F)F. The number of rotatable bonds is 1. The first kappa shape index (κ1) is 7.84. The molecule has 11 heavy (non-hydrogen) atoms. The fourth-order valence-electron chi connectivity index (χ4n) is 0.685. The Hall–Kier alpha value is -1.26. The van der Waals surface area contributed by atoms with Crippen molar-refractivity contribution in [3.8, 4) is 0 Å². The lowest BCUT2D eigenvalue weighted by Gasteiger charge is -2.07. The summed E-state index contributed by atoms with van der Waals surface area (Å²) in [6.07, 6.45) is -2.59. The summed E-state index contributed by atoms with van der Waals surface area (Å²) in [6, 6.07) is 2.17. The zero-order valence-electron chi connectivity index (χ0n) is 5.22. The molecule has 0 aliphatic heterocycles. The number of alkyl halides is 3. The maximum atomic E-state index is 11.9. The third kappa shape index (κ3) is 1.42. The molecule has 0 saturated carbocycles. The quantitative estimate of drug-likeness (QED) is 0.612. The summed E-state index contributed by atoms with van der Waals surface area (Å²) >= 11 is 0. The molecule has 1 rings (SSSR count). The normalized spacial score (nSPS) is 11.5. The van der Waals surface area contributed by atoms with Crippen LogP contribution in [0.3, 0.4) is 0 Å². The van der Waals surface area contributed by atoms with Gasteiger partial charge in [-0.1, -0.05) is 0 Å². The Morgan fingerprint density at radius 2 is 2.09 bits per heavy atom. The summed E-state index contributed by atoms with van der Waals surface area (Å²) in [5.41, 5.74) is -0.516. The van der Waals surface area contributed by atoms with Gasteiger partial charge in [-0.15, -0.1) is 13.2 Å². The van der Waals surface area contributed by atoms with E-state index in [4.69, 9.17) is 0 Å². The van der Waals surface area contributed by atoms with Gasteiger partial charge < -0.3 is 0 Å². The molecular formula is C6H3F3NO. The topological polar surface area (TPSA) is 22.0 Å². The van der Waals surface area contributed by atoms with Gasteiger partial charge in [0.15, 0.2) is 0 Å². The Morgan fingerprint density at radius 3 is 2.45 bits per heavy atom. The van der Waals surface area contributed by atoms with E-state index in [2.05, 4.69) is 0 Å². The molecule has 0 bridgehead atoms. The summed E-state index contributed by atoms with van der Waals surface area (Å²) in [5.74, 6) is 0. The van der Waals surface area contributed by atoms with E-state index in [1.54, 1.807) is 0 Å². The Bertz CT molecular complexity index is 263. The van der Waals surface area contributed by atoms with Crippen LogP contribution in [0.5, 0.6) is 0 Å². The molecule has 0 saturated heterocycles. The van der Waals surface area contributed by atoms with E-state index in [-0.39, 0.29) is 4.57 Å². The third-order valence-corrected chi connectivity index (χ3v) is 1.13. The molecule has 0 aromatic carbocycles. The van der Waals surface area contributed by atoms with E-state index in [0.717, 1.165) is 18.3 Å². The van der Waals surface area contributed by atoms with Crippen molar-refractivity contribution >= 4 is 6.29 Å². The second-order valence-electron chi connectivity index (χ2n) is 1.83. The fraction of sp³-hybridized carbons (Fsp3) is 0.167. The highest BCUT2D eigenvalue weighted by molar-refractivity contribution is 5.72. The number of halogens is 3. The molecule has 0 aliphatic carbocycles. The van der Waals surface area contributed by atoms with Gasteiger partial charge >= 0.3 is 6.30 Å². The van der Waals surface area contributed by atoms with Crippen molar-refractivity contribution in [3.05, 3.63) is 24.0 Å². The van der Waals surface area contributed by atoms with Gasteiger partial charge in [0.25, 0.3) is 6.29 Å². The van der Waals surface area contributed by atoms with Crippen LogP contribution >= 0.6 is 0 Å². The van der Waals surface area contributed by atoms with Crippen LogP contribution in [0, 0.1) is 0 Å². The van der Waals surface area contributed by atoms with Gasteiger partial charge in [-0.25, -0.2) is 0 Å². The third-order valence-electron chi connectivity index (χ3n) is 1.13. The van der Waals surface area contributed by atoms with Gasteiger partial charge in [-0.3, -0.25) is 9.36 Å². The summed E-state index contributed by atoms with van der Waals surface area (Å²) < 4.78 is 35.5.